The summed E-state index contributed by atoms with van der Waals surface area (Å²) in [5.74, 6) is -0.192. The van der Waals surface area contributed by atoms with Gasteiger partial charge in [0.2, 0.25) is 21.8 Å². The lowest BCUT2D eigenvalue weighted by molar-refractivity contribution is -0.121. The molecule has 3 aromatic rings. The quantitative estimate of drug-likeness (QED) is 0.415. The Balaban J connectivity index is 1.37. The Morgan fingerprint density at radius 2 is 1.71 bits per heavy atom. The van der Waals surface area contributed by atoms with Crippen LogP contribution in [0, 0.1) is 5.92 Å². The number of methoxy groups -OCH3 is 1. The topological polar surface area (TPSA) is 149 Å². The molecule has 1 atom stereocenters. The maximum Gasteiger partial charge on any atom is 0.322 e. The van der Waals surface area contributed by atoms with Crippen LogP contribution in [0.5, 0.6) is 5.75 Å². The first-order chi connectivity index (χ1) is 18.0. The third-order valence-electron chi connectivity index (χ3n) is 6.38. The number of aromatic nitrogens is 2. The Labute approximate surface area is 222 Å². The number of piperidine rings is 1. The molecular formula is C25H30N4O7S2. The van der Waals surface area contributed by atoms with E-state index in [0.29, 0.717) is 25.1 Å². The van der Waals surface area contributed by atoms with Gasteiger partial charge in [-0.25, -0.2) is 16.8 Å². The molecule has 38 heavy (non-hydrogen) atoms. The fourth-order valence-electron chi connectivity index (χ4n) is 4.10. The van der Waals surface area contributed by atoms with E-state index in [9.17, 15) is 21.6 Å². The third kappa shape index (κ3) is 6.05. The van der Waals surface area contributed by atoms with E-state index in [1.807, 2.05) is 0 Å². The second kappa shape index (κ2) is 11.2. The van der Waals surface area contributed by atoms with Gasteiger partial charge in [-0.15, -0.1) is 5.10 Å². The van der Waals surface area contributed by atoms with Gasteiger partial charge in [-0.1, -0.05) is 17.2 Å². The van der Waals surface area contributed by atoms with Gasteiger partial charge in [-0.05, 0) is 68.7 Å². The summed E-state index contributed by atoms with van der Waals surface area (Å²) in [5, 5.41) is 9.89. The molecule has 0 saturated carbocycles. The molecule has 0 radical (unpaired) electrons. The van der Waals surface area contributed by atoms with Crippen molar-refractivity contribution in [2.75, 3.05) is 25.5 Å². The molecule has 1 saturated heterocycles. The maximum absolute atomic E-state index is 13.1. The lowest BCUT2D eigenvalue weighted by Gasteiger charge is -2.30. The van der Waals surface area contributed by atoms with Crippen molar-refractivity contribution in [3.05, 3.63) is 60.0 Å². The van der Waals surface area contributed by atoms with Crippen LogP contribution < -0.4 is 10.1 Å². The van der Waals surface area contributed by atoms with Crippen LogP contribution in [-0.4, -0.2) is 62.7 Å². The second-order valence-electron chi connectivity index (χ2n) is 9.28. The second-order valence-corrected chi connectivity index (χ2v) is 13.7. The molecular weight excluding hydrogens is 532 g/mol. The maximum atomic E-state index is 13.1. The van der Waals surface area contributed by atoms with Crippen molar-refractivity contribution >= 4 is 31.8 Å². The van der Waals surface area contributed by atoms with Crippen molar-refractivity contribution in [3.63, 3.8) is 0 Å². The molecule has 4 rings (SSSR count). The SMILES string of the molecule is COc1ccc(S(=O)(=O)N2CCCC(C(=O)Nc3nnc(Cc4ccc(S(=O)(=O)C(C)C)cc4)o3)C2)cc1. The van der Waals surface area contributed by atoms with Crippen LogP contribution in [0.4, 0.5) is 6.01 Å². The number of hydrogen-bond acceptors (Lipinski definition) is 9. The molecule has 1 aliphatic heterocycles. The highest BCUT2D eigenvalue weighted by Gasteiger charge is 2.34. The summed E-state index contributed by atoms with van der Waals surface area (Å²) < 4.78 is 62.7. The van der Waals surface area contributed by atoms with Crippen LogP contribution in [0.15, 0.2) is 62.7 Å². The van der Waals surface area contributed by atoms with Crippen LogP contribution in [0.1, 0.15) is 38.1 Å². The van der Waals surface area contributed by atoms with E-state index in [0.717, 1.165) is 5.56 Å². The number of nitrogens with one attached hydrogen (secondary N) is 1. The number of sulfonamides is 1. The van der Waals surface area contributed by atoms with Gasteiger partial charge in [0.05, 0.1) is 34.5 Å². The molecule has 1 fully saturated rings. The molecule has 2 heterocycles. The number of sulfone groups is 1. The summed E-state index contributed by atoms with van der Waals surface area (Å²) in [4.78, 5) is 13.3. The van der Waals surface area contributed by atoms with Gasteiger partial charge in [0.1, 0.15) is 5.75 Å². The van der Waals surface area contributed by atoms with Crippen molar-refractivity contribution in [2.45, 2.75) is 48.2 Å². The van der Waals surface area contributed by atoms with Gasteiger partial charge < -0.3 is 9.15 Å². The number of ether oxygens (including phenoxy) is 1. The highest BCUT2D eigenvalue weighted by molar-refractivity contribution is 7.92. The molecule has 1 aliphatic rings. The normalized spacial score (nSPS) is 16.9. The van der Waals surface area contributed by atoms with E-state index in [4.69, 9.17) is 9.15 Å². The summed E-state index contributed by atoms with van der Waals surface area (Å²) in [6.07, 6.45) is 1.31. The summed E-state index contributed by atoms with van der Waals surface area (Å²) in [6, 6.07) is 12.5. The first-order valence-corrected chi connectivity index (χ1v) is 15.1. The van der Waals surface area contributed by atoms with E-state index >= 15 is 0 Å². The van der Waals surface area contributed by atoms with Crippen LogP contribution in [0.3, 0.4) is 0 Å². The standard InChI is InChI=1S/C25H30N4O7S2/c1-17(2)37(31,32)21-10-6-18(7-11-21)15-23-27-28-25(36-23)26-24(30)19-5-4-14-29(16-19)38(33,34)22-12-8-20(35-3)9-13-22/h6-13,17,19H,4-5,14-16H2,1-3H3,(H,26,28,30). The van der Waals surface area contributed by atoms with Crippen LogP contribution in [0.25, 0.3) is 0 Å². The summed E-state index contributed by atoms with van der Waals surface area (Å²) in [5.41, 5.74) is 0.765. The molecule has 1 unspecified atom stereocenters. The summed E-state index contributed by atoms with van der Waals surface area (Å²) >= 11 is 0. The minimum Gasteiger partial charge on any atom is -0.497 e. The average molecular weight is 563 g/mol. The Bertz CT molecular complexity index is 1480. The van der Waals surface area contributed by atoms with E-state index in [1.165, 1.54) is 23.5 Å². The minimum atomic E-state index is -3.77. The fraction of sp³-hybridized carbons (Fsp3) is 0.400. The third-order valence-corrected chi connectivity index (χ3v) is 10.4. The van der Waals surface area contributed by atoms with Crippen LogP contribution >= 0.6 is 0 Å². The first-order valence-electron chi connectivity index (χ1n) is 12.1. The number of hydrogen-bond donors (Lipinski definition) is 1. The number of carbonyl (C=O) groups is 1. The number of carbonyl (C=O) groups excluding carboxylic acids is 1. The lowest BCUT2D eigenvalue weighted by atomic mass is 9.99. The molecule has 0 bridgehead atoms. The van der Waals surface area contributed by atoms with Gasteiger partial charge in [-0.2, -0.15) is 4.31 Å². The Morgan fingerprint density at radius 3 is 2.34 bits per heavy atom. The predicted octanol–water partition coefficient (Wildman–Crippen LogP) is 2.89. The summed E-state index contributed by atoms with van der Waals surface area (Å²) in [7, 11) is -5.63. The Morgan fingerprint density at radius 1 is 1.05 bits per heavy atom. The molecule has 11 nitrogen and oxygen atoms in total. The number of amides is 1. The van der Waals surface area contributed by atoms with Gasteiger partial charge in [0.15, 0.2) is 9.84 Å². The number of anilines is 1. The van der Waals surface area contributed by atoms with E-state index < -0.39 is 36.9 Å². The zero-order valence-corrected chi connectivity index (χ0v) is 23.0. The highest BCUT2D eigenvalue weighted by Crippen LogP contribution is 2.26. The van der Waals surface area contributed by atoms with Gasteiger partial charge in [0.25, 0.3) is 0 Å². The van der Waals surface area contributed by atoms with E-state index in [-0.39, 0.29) is 34.7 Å². The minimum absolute atomic E-state index is 0.0345. The molecule has 0 aliphatic carbocycles. The number of nitrogens with zero attached hydrogens (tertiary/aromatic N) is 3. The van der Waals surface area contributed by atoms with Crippen LogP contribution in [-0.2, 0) is 31.1 Å². The average Bonchev–Trinajstić information content (AvgIpc) is 3.35. The number of benzene rings is 2. The number of rotatable bonds is 9. The van der Waals surface area contributed by atoms with E-state index in [2.05, 4.69) is 15.5 Å². The van der Waals surface area contributed by atoms with Gasteiger partial charge in [-0.3, -0.25) is 10.1 Å². The predicted molar refractivity (Wildman–Crippen MR) is 139 cm³/mol. The van der Waals surface area contributed by atoms with Crippen molar-refractivity contribution in [3.8, 4) is 5.75 Å². The first kappa shape index (κ1) is 27.7. The van der Waals surface area contributed by atoms with Gasteiger partial charge >= 0.3 is 6.01 Å². The Hall–Kier alpha value is -3.29. The van der Waals surface area contributed by atoms with Crippen LogP contribution in [0.2, 0.25) is 0 Å². The van der Waals surface area contributed by atoms with E-state index in [1.54, 1.807) is 50.2 Å². The smallest absolute Gasteiger partial charge is 0.322 e. The zero-order chi connectivity index (χ0) is 27.5. The zero-order valence-electron chi connectivity index (χ0n) is 21.3. The fourth-order valence-corrected chi connectivity index (χ4v) is 6.68. The largest absolute Gasteiger partial charge is 0.497 e. The lowest BCUT2D eigenvalue weighted by Crippen LogP contribution is -2.43. The molecule has 1 N–H and O–H groups in total. The van der Waals surface area contributed by atoms with Crippen molar-refractivity contribution in [2.24, 2.45) is 5.92 Å². The van der Waals surface area contributed by atoms with Crippen molar-refractivity contribution < 1.29 is 30.8 Å². The van der Waals surface area contributed by atoms with Gasteiger partial charge in [0, 0.05) is 13.1 Å². The van der Waals surface area contributed by atoms with Crippen molar-refractivity contribution in [1.29, 1.82) is 0 Å². The highest BCUT2D eigenvalue weighted by atomic mass is 32.2. The molecule has 204 valence electrons. The molecule has 1 aromatic heterocycles. The monoisotopic (exact) mass is 562 g/mol. The molecule has 2 aromatic carbocycles. The Kier molecular flexibility index (Phi) is 8.19. The molecule has 13 heteroatoms. The molecule has 1 amide bonds. The molecule has 0 spiro atoms. The summed E-state index contributed by atoms with van der Waals surface area (Å²) in [6.45, 7) is 3.61. The van der Waals surface area contributed by atoms with Crippen molar-refractivity contribution in [1.82, 2.24) is 14.5 Å².